The Morgan fingerprint density at radius 1 is 1.38 bits per heavy atom. The number of benzene rings is 1. The van der Waals surface area contributed by atoms with Gasteiger partial charge in [-0.1, -0.05) is 52.9 Å². The molecule has 1 aromatic rings. The van der Waals surface area contributed by atoms with Gasteiger partial charge in [0, 0.05) is 12.6 Å². The van der Waals surface area contributed by atoms with Crippen LogP contribution in [0, 0.1) is 0 Å². The molecule has 3 heteroatoms. The van der Waals surface area contributed by atoms with Gasteiger partial charge in [0.15, 0.2) is 0 Å². The van der Waals surface area contributed by atoms with Gasteiger partial charge in [0.2, 0.25) is 5.91 Å². The first-order valence-electron chi connectivity index (χ1n) is 3.91. The number of rotatable bonds is 3. The van der Waals surface area contributed by atoms with E-state index in [0.717, 1.165) is 5.56 Å². The van der Waals surface area contributed by atoms with Crippen molar-refractivity contribution < 1.29 is 4.79 Å². The van der Waals surface area contributed by atoms with E-state index in [0.29, 0.717) is 6.54 Å². The molecule has 1 N–H and O–H groups in total. The molecule has 2 nitrogen and oxygen atoms in total. The molecule has 0 saturated carbocycles. The van der Waals surface area contributed by atoms with Crippen LogP contribution in [0.25, 0.3) is 0 Å². The SMILES string of the molecule is O=C(/C=C/I)NCc1ccccc1. The van der Waals surface area contributed by atoms with Crippen molar-refractivity contribution >= 4 is 28.5 Å². The minimum atomic E-state index is -0.0572. The van der Waals surface area contributed by atoms with Gasteiger partial charge in [-0.25, -0.2) is 0 Å². The normalized spacial score (nSPS) is 10.2. The number of amides is 1. The molecule has 1 rings (SSSR count). The van der Waals surface area contributed by atoms with E-state index >= 15 is 0 Å². The van der Waals surface area contributed by atoms with Gasteiger partial charge in [-0.2, -0.15) is 0 Å². The molecule has 0 heterocycles. The molecule has 1 amide bonds. The fourth-order valence-electron chi connectivity index (χ4n) is 0.901. The molecule has 0 spiro atoms. The predicted molar refractivity (Wildman–Crippen MR) is 61.4 cm³/mol. The molecule has 0 unspecified atom stereocenters. The summed E-state index contributed by atoms with van der Waals surface area (Å²) in [6, 6.07) is 9.82. The van der Waals surface area contributed by atoms with Crippen LogP contribution in [0.15, 0.2) is 40.5 Å². The van der Waals surface area contributed by atoms with Crippen LogP contribution in [-0.4, -0.2) is 5.91 Å². The second kappa shape index (κ2) is 5.75. The molecule has 0 aliphatic rings. The van der Waals surface area contributed by atoms with E-state index in [4.69, 9.17) is 0 Å². The van der Waals surface area contributed by atoms with E-state index in [9.17, 15) is 4.79 Å². The topological polar surface area (TPSA) is 29.1 Å². The molecule has 0 aliphatic heterocycles. The van der Waals surface area contributed by atoms with E-state index in [2.05, 4.69) is 5.32 Å². The minimum Gasteiger partial charge on any atom is -0.348 e. The van der Waals surface area contributed by atoms with Gasteiger partial charge in [-0.15, -0.1) is 0 Å². The van der Waals surface area contributed by atoms with Crippen molar-refractivity contribution in [2.24, 2.45) is 0 Å². The summed E-state index contributed by atoms with van der Waals surface area (Å²) in [5.41, 5.74) is 1.11. The molecule has 0 bridgehead atoms. The van der Waals surface area contributed by atoms with Crippen LogP contribution < -0.4 is 5.32 Å². The third kappa shape index (κ3) is 4.07. The van der Waals surface area contributed by atoms with Crippen molar-refractivity contribution in [3.8, 4) is 0 Å². The molecular weight excluding hydrogens is 277 g/mol. The van der Waals surface area contributed by atoms with Crippen LogP contribution >= 0.6 is 22.6 Å². The summed E-state index contributed by atoms with van der Waals surface area (Å²) in [7, 11) is 0. The highest BCUT2D eigenvalue weighted by molar-refractivity contribution is 14.1. The van der Waals surface area contributed by atoms with Crippen molar-refractivity contribution in [3.05, 3.63) is 46.1 Å². The quantitative estimate of drug-likeness (QED) is 0.670. The second-order valence-electron chi connectivity index (χ2n) is 2.50. The molecule has 0 fully saturated rings. The summed E-state index contributed by atoms with van der Waals surface area (Å²) in [6.07, 6.45) is 1.50. The Bertz CT molecular complexity index is 295. The zero-order valence-electron chi connectivity index (χ0n) is 7.03. The Balaban J connectivity index is 2.40. The molecule has 13 heavy (non-hydrogen) atoms. The maximum absolute atomic E-state index is 11.0. The average Bonchev–Trinajstić information content (AvgIpc) is 2.17. The second-order valence-corrected chi connectivity index (χ2v) is 3.22. The van der Waals surface area contributed by atoms with Gasteiger partial charge in [0.05, 0.1) is 0 Å². The van der Waals surface area contributed by atoms with Crippen molar-refractivity contribution in [3.63, 3.8) is 0 Å². The smallest absolute Gasteiger partial charge is 0.244 e. The lowest BCUT2D eigenvalue weighted by Gasteiger charge is -2.00. The zero-order valence-corrected chi connectivity index (χ0v) is 9.19. The maximum atomic E-state index is 11.0. The lowest BCUT2D eigenvalue weighted by molar-refractivity contribution is -0.116. The Morgan fingerprint density at radius 2 is 2.08 bits per heavy atom. The van der Waals surface area contributed by atoms with E-state index in [1.54, 1.807) is 4.08 Å². The monoisotopic (exact) mass is 287 g/mol. The van der Waals surface area contributed by atoms with E-state index in [1.807, 2.05) is 52.9 Å². The van der Waals surface area contributed by atoms with Crippen molar-refractivity contribution in [1.29, 1.82) is 0 Å². The Morgan fingerprint density at radius 3 is 2.69 bits per heavy atom. The first-order valence-corrected chi connectivity index (χ1v) is 5.16. The first kappa shape index (κ1) is 10.2. The number of carbonyl (C=O) groups is 1. The van der Waals surface area contributed by atoms with Gasteiger partial charge in [-0.3, -0.25) is 4.79 Å². The van der Waals surface area contributed by atoms with Gasteiger partial charge >= 0.3 is 0 Å². The Labute approximate surface area is 91.2 Å². The zero-order chi connectivity index (χ0) is 9.52. The van der Waals surface area contributed by atoms with Crippen LogP contribution in [0.1, 0.15) is 5.56 Å². The summed E-state index contributed by atoms with van der Waals surface area (Å²) in [6.45, 7) is 0.584. The number of hydrogen-bond donors (Lipinski definition) is 1. The molecule has 0 aliphatic carbocycles. The van der Waals surface area contributed by atoms with Crippen LogP contribution in [0.2, 0.25) is 0 Å². The molecule has 0 saturated heterocycles. The average molecular weight is 287 g/mol. The summed E-state index contributed by atoms with van der Waals surface area (Å²) in [5, 5.41) is 2.77. The summed E-state index contributed by atoms with van der Waals surface area (Å²) in [4.78, 5) is 11.0. The summed E-state index contributed by atoms with van der Waals surface area (Å²) >= 11 is 2.02. The van der Waals surface area contributed by atoms with E-state index in [-0.39, 0.29) is 5.91 Å². The lowest BCUT2D eigenvalue weighted by Crippen LogP contribution is -2.19. The Kier molecular flexibility index (Phi) is 4.53. The van der Waals surface area contributed by atoms with Crippen LogP contribution in [-0.2, 0) is 11.3 Å². The lowest BCUT2D eigenvalue weighted by atomic mass is 10.2. The highest BCUT2D eigenvalue weighted by atomic mass is 127. The molecule has 0 atom stereocenters. The van der Waals surface area contributed by atoms with E-state index in [1.165, 1.54) is 6.08 Å². The fourth-order valence-corrected chi connectivity index (χ4v) is 1.23. The predicted octanol–water partition coefficient (Wildman–Crippen LogP) is 2.25. The fraction of sp³-hybridized carbons (Fsp3) is 0.100. The van der Waals surface area contributed by atoms with Gasteiger partial charge < -0.3 is 5.32 Å². The minimum absolute atomic E-state index is 0.0572. The van der Waals surface area contributed by atoms with Crippen LogP contribution in [0.4, 0.5) is 0 Å². The van der Waals surface area contributed by atoms with Crippen LogP contribution in [0.3, 0.4) is 0 Å². The van der Waals surface area contributed by atoms with Crippen LogP contribution in [0.5, 0.6) is 0 Å². The van der Waals surface area contributed by atoms with Crippen molar-refractivity contribution in [1.82, 2.24) is 5.32 Å². The van der Waals surface area contributed by atoms with Gasteiger partial charge in [0.1, 0.15) is 0 Å². The number of halogens is 1. The molecular formula is C10H10INO. The largest absolute Gasteiger partial charge is 0.348 e. The first-order chi connectivity index (χ1) is 6.33. The van der Waals surface area contributed by atoms with Crippen molar-refractivity contribution in [2.75, 3.05) is 0 Å². The van der Waals surface area contributed by atoms with E-state index < -0.39 is 0 Å². The molecule has 0 aromatic heterocycles. The third-order valence-corrected chi connectivity index (χ3v) is 1.88. The number of hydrogen-bond acceptors (Lipinski definition) is 1. The molecule has 1 aromatic carbocycles. The van der Waals surface area contributed by atoms with Gasteiger partial charge in [-0.05, 0) is 9.65 Å². The molecule has 68 valence electrons. The number of nitrogens with one attached hydrogen (secondary N) is 1. The maximum Gasteiger partial charge on any atom is 0.244 e. The standard InChI is InChI=1S/C10H10INO/c11-7-6-10(13)12-8-9-4-2-1-3-5-9/h1-7H,8H2,(H,12,13)/b7-6+. The highest BCUT2D eigenvalue weighted by Crippen LogP contribution is 1.97. The van der Waals surface area contributed by atoms with Crippen molar-refractivity contribution in [2.45, 2.75) is 6.54 Å². The summed E-state index contributed by atoms with van der Waals surface area (Å²) in [5.74, 6) is -0.0572. The van der Waals surface area contributed by atoms with Gasteiger partial charge in [0.25, 0.3) is 0 Å². The molecule has 0 radical (unpaired) electrons. The third-order valence-electron chi connectivity index (χ3n) is 1.52. The highest BCUT2D eigenvalue weighted by Gasteiger charge is 1.94. The Hall–Kier alpha value is -0.840. The number of carbonyl (C=O) groups excluding carboxylic acids is 1. The summed E-state index contributed by atoms with van der Waals surface area (Å²) < 4.78 is 1.69.